The summed E-state index contributed by atoms with van der Waals surface area (Å²) < 4.78 is 15.7. The summed E-state index contributed by atoms with van der Waals surface area (Å²) in [6.07, 6.45) is 0.285. The first-order chi connectivity index (χ1) is 12.1. The van der Waals surface area contributed by atoms with Gasteiger partial charge in [-0.3, -0.25) is 9.79 Å². The number of carbonyl (C=O) groups excluding carboxylic acids is 1. The average molecular weight is 479 g/mol. The number of nitrogens with one attached hydrogen (secondary N) is 2. The van der Waals surface area contributed by atoms with E-state index in [1.807, 2.05) is 32.0 Å². The largest absolute Gasteiger partial charge is 0.491 e. The summed E-state index contributed by atoms with van der Waals surface area (Å²) >= 11 is 0. The Morgan fingerprint density at radius 2 is 2.00 bits per heavy atom. The van der Waals surface area contributed by atoms with Gasteiger partial charge in [0.05, 0.1) is 20.1 Å². The summed E-state index contributed by atoms with van der Waals surface area (Å²) in [5.74, 6) is 1.19. The van der Waals surface area contributed by atoms with Crippen LogP contribution in [0.4, 0.5) is 0 Å². The van der Waals surface area contributed by atoms with Crippen molar-refractivity contribution in [2.75, 3.05) is 40.5 Å². The molecule has 2 N–H and O–H groups in total. The van der Waals surface area contributed by atoms with Gasteiger partial charge in [0.25, 0.3) is 0 Å². The Labute approximate surface area is 172 Å². The number of benzene rings is 1. The molecule has 0 aromatic heterocycles. The molecule has 1 aromatic rings. The van der Waals surface area contributed by atoms with Crippen LogP contribution in [0.3, 0.4) is 0 Å². The topological polar surface area (TPSA) is 81.2 Å². The number of guanidine groups is 1. The molecule has 0 radical (unpaired) electrons. The number of aryl methyl sites for hydroxylation is 1. The fourth-order valence-electron chi connectivity index (χ4n) is 2.08. The molecule has 7 nitrogen and oxygen atoms in total. The summed E-state index contributed by atoms with van der Waals surface area (Å²) in [6, 6.07) is 6.08. The van der Waals surface area contributed by atoms with Gasteiger partial charge in [-0.05, 0) is 25.5 Å². The molecule has 0 aliphatic heterocycles. The van der Waals surface area contributed by atoms with Crippen molar-refractivity contribution in [2.45, 2.75) is 26.8 Å². The number of rotatable bonds is 10. The van der Waals surface area contributed by atoms with Crippen molar-refractivity contribution in [3.63, 3.8) is 0 Å². The van der Waals surface area contributed by atoms with E-state index < -0.39 is 0 Å². The third-order valence-corrected chi connectivity index (χ3v) is 3.43. The number of ether oxygens (including phenoxy) is 3. The van der Waals surface area contributed by atoms with Crippen molar-refractivity contribution in [3.05, 3.63) is 29.3 Å². The van der Waals surface area contributed by atoms with Gasteiger partial charge in [0.1, 0.15) is 12.4 Å². The van der Waals surface area contributed by atoms with E-state index in [2.05, 4.69) is 20.4 Å². The Bertz CT molecular complexity index is 567. The van der Waals surface area contributed by atoms with Crippen molar-refractivity contribution in [2.24, 2.45) is 4.99 Å². The van der Waals surface area contributed by atoms with Crippen LogP contribution in [-0.4, -0.2) is 52.5 Å². The van der Waals surface area contributed by atoms with Crippen LogP contribution >= 0.6 is 24.0 Å². The normalized spacial score (nSPS) is 10.7. The van der Waals surface area contributed by atoms with Gasteiger partial charge in [0, 0.05) is 32.3 Å². The molecule has 0 fully saturated rings. The number of aliphatic imine (C=N–C) groups is 1. The smallest absolute Gasteiger partial charge is 0.307 e. The molecule has 148 valence electrons. The van der Waals surface area contributed by atoms with E-state index in [0.717, 1.165) is 16.9 Å². The summed E-state index contributed by atoms with van der Waals surface area (Å²) in [7, 11) is 3.06. The van der Waals surface area contributed by atoms with Crippen LogP contribution in [-0.2, 0) is 20.8 Å². The second kappa shape index (κ2) is 14.6. The fraction of sp³-hybridized carbons (Fsp3) is 0.556. The Kier molecular flexibility index (Phi) is 13.7. The molecule has 8 heteroatoms. The molecule has 0 amide bonds. The maximum Gasteiger partial charge on any atom is 0.307 e. The van der Waals surface area contributed by atoms with Gasteiger partial charge in [-0.25, -0.2) is 0 Å². The second-order valence-corrected chi connectivity index (χ2v) is 5.34. The standard InChI is InChI=1S/C18H29N3O4.HI/c1-5-24-10-11-25-16-12-14(2)6-7-15(16)13-21-18(19-3)20-9-8-17(22)23-4;/h6-7,12H,5,8-11,13H2,1-4H3,(H2,19,20,21);1H. The Morgan fingerprint density at radius 1 is 1.23 bits per heavy atom. The predicted octanol–water partition coefficient (Wildman–Crippen LogP) is 2.26. The van der Waals surface area contributed by atoms with Crippen LogP contribution < -0.4 is 15.4 Å². The van der Waals surface area contributed by atoms with Gasteiger partial charge >= 0.3 is 5.97 Å². The monoisotopic (exact) mass is 479 g/mol. The predicted molar refractivity (Wildman–Crippen MR) is 113 cm³/mol. The lowest BCUT2D eigenvalue weighted by molar-refractivity contribution is -0.140. The Morgan fingerprint density at radius 3 is 2.65 bits per heavy atom. The molecule has 0 heterocycles. The zero-order valence-corrected chi connectivity index (χ0v) is 18.3. The number of carbonyl (C=O) groups is 1. The lowest BCUT2D eigenvalue weighted by Crippen LogP contribution is -2.38. The van der Waals surface area contributed by atoms with E-state index >= 15 is 0 Å². The molecule has 1 rings (SSSR count). The zero-order chi connectivity index (χ0) is 18.5. The third kappa shape index (κ3) is 9.81. The summed E-state index contributed by atoms with van der Waals surface area (Å²) in [5, 5.41) is 6.29. The highest BCUT2D eigenvalue weighted by Gasteiger charge is 2.07. The molecule has 0 bridgehead atoms. The van der Waals surface area contributed by atoms with Crippen LogP contribution in [0.25, 0.3) is 0 Å². The van der Waals surface area contributed by atoms with Crippen molar-refractivity contribution < 1.29 is 19.0 Å². The highest BCUT2D eigenvalue weighted by atomic mass is 127. The van der Waals surface area contributed by atoms with E-state index in [-0.39, 0.29) is 36.4 Å². The Balaban J connectivity index is 0.00000625. The van der Waals surface area contributed by atoms with Crippen molar-refractivity contribution >= 4 is 35.9 Å². The number of hydrogen-bond acceptors (Lipinski definition) is 5. The fourth-order valence-corrected chi connectivity index (χ4v) is 2.08. The van der Waals surface area contributed by atoms with Gasteiger partial charge in [-0.2, -0.15) is 0 Å². The van der Waals surface area contributed by atoms with Gasteiger partial charge in [-0.1, -0.05) is 12.1 Å². The molecule has 0 unspecified atom stereocenters. The lowest BCUT2D eigenvalue weighted by Gasteiger charge is -2.15. The molecule has 0 aliphatic carbocycles. The van der Waals surface area contributed by atoms with Crippen LogP contribution in [0.5, 0.6) is 5.75 Å². The highest BCUT2D eigenvalue weighted by Crippen LogP contribution is 2.20. The minimum atomic E-state index is -0.258. The van der Waals surface area contributed by atoms with Crippen LogP contribution in [0.2, 0.25) is 0 Å². The third-order valence-electron chi connectivity index (χ3n) is 3.43. The summed E-state index contributed by atoms with van der Waals surface area (Å²) in [5.41, 5.74) is 2.16. The number of esters is 1. The molecule has 0 spiro atoms. The van der Waals surface area contributed by atoms with Crippen LogP contribution in [0.1, 0.15) is 24.5 Å². The summed E-state index contributed by atoms with van der Waals surface area (Å²) in [4.78, 5) is 15.3. The maximum atomic E-state index is 11.1. The second-order valence-electron chi connectivity index (χ2n) is 5.34. The molecular weight excluding hydrogens is 449 g/mol. The minimum Gasteiger partial charge on any atom is -0.491 e. The van der Waals surface area contributed by atoms with Gasteiger partial charge in [-0.15, -0.1) is 24.0 Å². The van der Waals surface area contributed by atoms with E-state index in [0.29, 0.717) is 38.9 Å². The molecule has 0 aliphatic rings. The average Bonchev–Trinajstić information content (AvgIpc) is 2.62. The van der Waals surface area contributed by atoms with Crippen molar-refractivity contribution in [1.82, 2.24) is 10.6 Å². The zero-order valence-electron chi connectivity index (χ0n) is 16.0. The lowest BCUT2D eigenvalue weighted by atomic mass is 10.1. The van der Waals surface area contributed by atoms with Crippen molar-refractivity contribution in [1.29, 1.82) is 0 Å². The Hall–Kier alpha value is -1.55. The first-order valence-corrected chi connectivity index (χ1v) is 8.42. The minimum absolute atomic E-state index is 0. The van der Waals surface area contributed by atoms with E-state index in [4.69, 9.17) is 9.47 Å². The van der Waals surface area contributed by atoms with Gasteiger partial charge in [0.2, 0.25) is 0 Å². The number of halogens is 1. The van der Waals surface area contributed by atoms with Gasteiger partial charge < -0.3 is 24.8 Å². The van der Waals surface area contributed by atoms with E-state index in [1.54, 1.807) is 7.05 Å². The maximum absolute atomic E-state index is 11.1. The molecule has 26 heavy (non-hydrogen) atoms. The van der Waals surface area contributed by atoms with Crippen molar-refractivity contribution in [3.8, 4) is 5.75 Å². The van der Waals surface area contributed by atoms with E-state index in [1.165, 1.54) is 7.11 Å². The highest BCUT2D eigenvalue weighted by molar-refractivity contribution is 14.0. The van der Waals surface area contributed by atoms with Crippen LogP contribution in [0, 0.1) is 6.92 Å². The molecular formula is C18H30IN3O4. The van der Waals surface area contributed by atoms with E-state index in [9.17, 15) is 4.79 Å². The molecule has 0 atom stereocenters. The van der Waals surface area contributed by atoms with Crippen LogP contribution in [0.15, 0.2) is 23.2 Å². The summed E-state index contributed by atoms with van der Waals surface area (Å²) in [6.45, 7) is 6.75. The quantitative estimate of drug-likeness (QED) is 0.176. The van der Waals surface area contributed by atoms with Gasteiger partial charge in [0.15, 0.2) is 5.96 Å². The number of hydrogen-bond donors (Lipinski definition) is 2. The first kappa shape index (κ1) is 24.5. The number of nitrogens with zero attached hydrogens (tertiary/aromatic N) is 1. The molecule has 1 aromatic carbocycles. The number of methoxy groups -OCH3 is 1. The molecule has 0 saturated carbocycles. The SMILES string of the molecule is CCOCCOc1cc(C)ccc1CNC(=NC)NCCC(=O)OC.I. The molecule has 0 saturated heterocycles. The first-order valence-electron chi connectivity index (χ1n) is 8.42.